The summed E-state index contributed by atoms with van der Waals surface area (Å²) >= 11 is 0. The molecule has 1 heterocycles. The average Bonchev–Trinajstić information content (AvgIpc) is 2.12. The molecule has 0 bridgehead atoms. The van der Waals surface area contributed by atoms with Gasteiger partial charge < -0.3 is 11.5 Å². The number of aromatic nitrogens is 3. The first-order chi connectivity index (χ1) is 6.99. The van der Waals surface area contributed by atoms with E-state index in [1.807, 2.05) is 13.8 Å². The highest BCUT2D eigenvalue weighted by molar-refractivity contribution is 5.36. The van der Waals surface area contributed by atoms with E-state index in [0.29, 0.717) is 18.5 Å². The van der Waals surface area contributed by atoms with Crippen LogP contribution in [0.15, 0.2) is 0 Å². The van der Waals surface area contributed by atoms with E-state index in [9.17, 15) is 0 Å². The number of hydrogen-bond acceptors (Lipinski definition) is 7. The zero-order chi connectivity index (χ0) is 11.4. The number of anilines is 3. The molecule has 0 fully saturated rings. The maximum Gasteiger partial charge on any atom is 0.256 e. The highest BCUT2D eigenvalue weighted by Gasteiger charge is 2.08. The molecule has 1 aromatic rings. The quantitative estimate of drug-likeness (QED) is 0.680. The summed E-state index contributed by atoms with van der Waals surface area (Å²) in [4.78, 5) is 16.8. The van der Waals surface area contributed by atoms with E-state index in [2.05, 4.69) is 15.0 Å². The van der Waals surface area contributed by atoms with Gasteiger partial charge in [-0.05, 0) is 5.92 Å². The van der Waals surface area contributed by atoms with Crippen molar-refractivity contribution in [1.82, 2.24) is 15.0 Å². The van der Waals surface area contributed by atoms with Gasteiger partial charge in [-0.3, -0.25) is 4.84 Å². The third-order valence-corrected chi connectivity index (χ3v) is 1.54. The van der Waals surface area contributed by atoms with Crippen molar-refractivity contribution in [2.75, 3.05) is 30.2 Å². The molecule has 0 aliphatic carbocycles. The highest BCUT2D eigenvalue weighted by Crippen LogP contribution is 2.09. The minimum absolute atomic E-state index is 0.0810. The number of nitrogens with zero attached hydrogens (tertiary/aromatic N) is 4. The van der Waals surface area contributed by atoms with Crippen LogP contribution in [0.4, 0.5) is 17.8 Å². The van der Waals surface area contributed by atoms with Crippen molar-refractivity contribution < 1.29 is 4.84 Å². The van der Waals surface area contributed by atoms with Gasteiger partial charge in [-0.25, -0.2) is 5.06 Å². The minimum Gasteiger partial charge on any atom is -0.368 e. The van der Waals surface area contributed by atoms with Crippen LogP contribution in [-0.4, -0.2) is 28.6 Å². The third-order valence-electron chi connectivity index (χ3n) is 1.54. The van der Waals surface area contributed by atoms with Crippen LogP contribution < -0.4 is 16.5 Å². The maximum absolute atomic E-state index is 5.43. The van der Waals surface area contributed by atoms with E-state index in [-0.39, 0.29) is 11.9 Å². The topological polar surface area (TPSA) is 103 Å². The smallest absolute Gasteiger partial charge is 0.256 e. The summed E-state index contributed by atoms with van der Waals surface area (Å²) in [6.07, 6.45) is 0. The van der Waals surface area contributed by atoms with Gasteiger partial charge in [0.05, 0.1) is 6.61 Å². The Morgan fingerprint density at radius 3 is 2.20 bits per heavy atom. The Balaban J connectivity index is 2.68. The molecule has 0 saturated carbocycles. The van der Waals surface area contributed by atoms with Crippen LogP contribution >= 0.6 is 0 Å². The molecular formula is C8H16N6O. The van der Waals surface area contributed by atoms with Crippen molar-refractivity contribution in [3.05, 3.63) is 0 Å². The normalized spacial score (nSPS) is 10.7. The van der Waals surface area contributed by atoms with Crippen molar-refractivity contribution in [2.45, 2.75) is 13.8 Å². The molecule has 4 N–H and O–H groups in total. The van der Waals surface area contributed by atoms with Crippen LogP contribution in [0.25, 0.3) is 0 Å². The Morgan fingerprint density at radius 2 is 1.73 bits per heavy atom. The van der Waals surface area contributed by atoms with Crippen LogP contribution in [0.5, 0.6) is 0 Å². The molecular weight excluding hydrogens is 196 g/mol. The number of nitrogens with two attached hydrogens (primary N) is 2. The summed E-state index contributed by atoms with van der Waals surface area (Å²) in [7, 11) is 1.69. The first kappa shape index (κ1) is 11.4. The van der Waals surface area contributed by atoms with E-state index >= 15 is 0 Å². The lowest BCUT2D eigenvalue weighted by atomic mass is 10.2. The molecule has 0 amide bonds. The van der Waals surface area contributed by atoms with Gasteiger partial charge in [0, 0.05) is 7.05 Å². The lowest BCUT2D eigenvalue weighted by Crippen LogP contribution is -2.23. The summed E-state index contributed by atoms with van der Waals surface area (Å²) in [5, 5.41) is 1.42. The third kappa shape index (κ3) is 3.55. The molecule has 1 aromatic heterocycles. The Bertz CT molecular complexity index is 309. The summed E-state index contributed by atoms with van der Waals surface area (Å²) < 4.78 is 0. The number of hydrogen-bond donors (Lipinski definition) is 2. The van der Waals surface area contributed by atoms with Crippen molar-refractivity contribution in [2.24, 2.45) is 5.92 Å². The maximum atomic E-state index is 5.43. The van der Waals surface area contributed by atoms with Crippen LogP contribution in [0.1, 0.15) is 13.8 Å². The predicted molar refractivity (Wildman–Crippen MR) is 57.8 cm³/mol. The minimum atomic E-state index is 0.0810. The fourth-order valence-corrected chi connectivity index (χ4v) is 0.857. The van der Waals surface area contributed by atoms with Crippen LogP contribution in [0.3, 0.4) is 0 Å². The molecule has 7 heteroatoms. The second kappa shape index (κ2) is 4.74. The van der Waals surface area contributed by atoms with Gasteiger partial charge in [0.15, 0.2) is 0 Å². The van der Waals surface area contributed by atoms with Gasteiger partial charge in [0.1, 0.15) is 0 Å². The monoisotopic (exact) mass is 212 g/mol. The molecule has 84 valence electrons. The van der Waals surface area contributed by atoms with E-state index in [1.165, 1.54) is 5.06 Å². The first-order valence-electron chi connectivity index (χ1n) is 4.62. The molecule has 7 nitrogen and oxygen atoms in total. The second-order valence-corrected chi connectivity index (χ2v) is 3.54. The molecule has 0 saturated heterocycles. The predicted octanol–water partition coefficient (Wildman–Crippen LogP) is 0.0598. The Kier molecular flexibility index (Phi) is 3.62. The van der Waals surface area contributed by atoms with Gasteiger partial charge in [0.2, 0.25) is 11.9 Å². The molecule has 15 heavy (non-hydrogen) atoms. The van der Waals surface area contributed by atoms with Crippen LogP contribution in [0, 0.1) is 5.92 Å². The summed E-state index contributed by atoms with van der Waals surface area (Å²) in [5.41, 5.74) is 10.9. The van der Waals surface area contributed by atoms with E-state index in [1.54, 1.807) is 7.05 Å². The molecule has 1 rings (SSSR count). The fourth-order valence-electron chi connectivity index (χ4n) is 0.857. The lowest BCUT2D eigenvalue weighted by Gasteiger charge is -2.17. The second-order valence-electron chi connectivity index (χ2n) is 3.54. The largest absolute Gasteiger partial charge is 0.368 e. The van der Waals surface area contributed by atoms with Crippen LogP contribution in [0.2, 0.25) is 0 Å². The van der Waals surface area contributed by atoms with Crippen molar-refractivity contribution in [3.8, 4) is 0 Å². The standard InChI is InChI=1S/C8H16N6O/c1-5(2)4-15-14(3)8-12-6(9)11-7(10)13-8/h5H,4H2,1-3H3,(H4,9,10,11,12,13). The number of rotatable bonds is 4. The zero-order valence-corrected chi connectivity index (χ0v) is 9.14. The number of nitrogen functional groups attached to an aromatic ring is 2. The van der Waals surface area contributed by atoms with E-state index in [4.69, 9.17) is 16.3 Å². The first-order valence-corrected chi connectivity index (χ1v) is 4.62. The average molecular weight is 212 g/mol. The Morgan fingerprint density at radius 1 is 1.20 bits per heavy atom. The molecule has 0 aromatic carbocycles. The molecule has 0 aliphatic rings. The van der Waals surface area contributed by atoms with E-state index < -0.39 is 0 Å². The highest BCUT2D eigenvalue weighted by atomic mass is 16.7. The zero-order valence-electron chi connectivity index (χ0n) is 9.14. The number of hydroxylamine groups is 1. The molecule has 0 spiro atoms. The van der Waals surface area contributed by atoms with Crippen LogP contribution in [-0.2, 0) is 4.84 Å². The van der Waals surface area contributed by atoms with Crippen molar-refractivity contribution in [3.63, 3.8) is 0 Å². The fraction of sp³-hybridized carbons (Fsp3) is 0.625. The summed E-state index contributed by atoms with van der Waals surface area (Å²) in [6.45, 7) is 4.66. The molecule has 0 radical (unpaired) electrons. The van der Waals surface area contributed by atoms with Gasteiger partial charge >= 0.3 is 0 Å². The van der Waals surface area contributed by atoms with Crippen molar-refractivity contribution >= 4 is 17.8 Å². The Labute approximate surface area is 88.4 Å². The SMILES string of the molecule is CC(C)CON(C)c1nc(N)nc(N)n1. The van der Waals surface area contributed by atoms with E-state index in [0.717, 1.165) is 0 Å². The summed E-state index contributed by atoms with van der Waals surface area (Å²) in [6, 6.07) is 0. The summed E-state index contributed by atoms with van der Waals surface area (Å²) in [5.74, 6) is 0.889. The Hall–Kier alpha value is -1.63. The molecule has 0 aliphatic heterocycles. The van der Waals surface area contributed by atoms with Gasteiger partial charge in [-0.15, -0.1) is 0 Å². The van der Waals surface area contributed by atoms with Gasteiger partial charge in [-0.2, -0.15) is 15.0 Å². The van der Waals surface area contributed by atoms with Gasteiger partial charge in [0.25, 0.3) is 5.95 Å². The molecule has 0 atom stereocenters. The lowest BCUT2D eigenvalue weighted by molar-refractivity contribution is 0.0950. The van der Waals surface area contributed by atoms with Crippen molar-refractivity contribution in [1.29, 1.82) is 0 Å². The van der Waals surface area contributed by atoms with Gasteiger partial charge in [-0.1, -0.05) is 13.8 Å². The molecule has 0 unspecified atom stereocenters.